The second-order valence-corrected chi connectivity index (χ2v) is 5.61. The number of carbonyl (C=O) groups is 1. The van der Waals surface area contributed by atoms with Gasteiger partial charge >= 0.3 is 5.97 Å². The lowest BCUT2D eigenvalue weighted by Crippen LogP contribution is -2.08. The van der Waals surface area contributed by atoms with Crippen molar-refractivity contribution in [3.8, 4) is 0 Å². The summed E-state index contributed by atoms with van der Waals surface area (Å²) in [5.74, 6) is -0.303. The number of hydrogen-bond donors (Lipinski definition) is 0. The highest BCUT2D eigenvalue weighted by Crippen LogP contribution is 2.31. The van der Waals surface area contributed by atoms with Gasteiger partial charge in [0.15, 0.2) is 9.99 Å². The summed E-state index contributed by atoms with van der Waals surface area (Å²) >= 11 is 3.17. The number of aryl methyl sites for hydroxylation is 1. The molecule has 18 heavy (non-hydrogen) atoms. The summed E-state index contributed by atoms with van der Waals surface area (Å²) in [5, 5.41) is 0. The van der Waals surface area contributed by atoms with Crippen LogP contribution in [-0.4, -0.2) is 28.8 Å². The van der Waals surface area contributed by atoms with E-state index in [1.807, 2.05) is 13.2 Å². The number of carbonyl (C=O) groups excluding carboxylic acids is 1. The Morgan fingerprint density at radius 1 is 1.50 bits per heavy atom. The molecule has 0 unspecified atom stereocenters. The fourth-order valence-corrected chi connectivity index (χ4v) is 3.36. The van der Waals surface area contributed by atoms with Gasteiger partial charge in [-0.25, -0.2) is 14.8 Å². The van der Waals surface area contributed by atoms with Gasteiger partial charge in [0.2, 0.25) is 0 Å². The number of thiazole rings is 1. The number of nitrogens with zero attached hydrogens (tertiary/aromatic N) is 2. The third-order valence-corrected chi connectivity index (χ3v) is 4.62. The summed E-state index contributed by atoms with van der Waals surface area (Å²) in [7, 11) is 0. The van der Waals surface area contributed by atoms with E-state index in [0.29, 0.717) is 17.8 Å². The first-order valence-electron chi connectivity index (χ1n) is 5.70. The third kappa shape index (κ3) is 2.35. The minimum Gasteiger partial charge on any atom is -0.462 e. The maximum absolute atomic E-state index is 11.9. The van der Waals surface area contributed by atoms with Gasteiger partial charge in [-0.05, 0) is 25.2 Å². The van der Waals surface area contributed by atoms with Crippen molar-refractivity contribution in [2.75, 3.05) is 12.9 Å². The fraction of sp³-hybridized carbons (Fsp3) is 0.417. The minimum atomic E-state index is -0.303. The van der Waals surface area contributed by atoms with Gasteiger partial charge in [0.1, 0.15) is 0 Å². The maximum Gasteiger partial charge on any atom is 0.340 e. The molecule has 0 saturated carbocycles. The highest BCUT2D eigenvalue weighted by molar-refractivity contribution is 8.00. The molecule has 2 rings (SSSR count). The molecule has 0 bridgehead atoms. The molecule has 0 aliphatic rings. The van der Waals surface area contributed by atoms with Gasteiger partial charge in [0, 0.05) is 6.20 Å². The first-order chi connectivity index (χ1) is 8.71. The van der Waals surface area contributed by atoms with Crippen LogP contribution in [0.25, 0.3) is 10.3 Å². The molecule has 4 nitrogen and oxygen atoms in total. The summed E-state index contributed by atoms with van der Waals surface area (Å²) < 4.78 is 7.01. The molecule has 0 aliphatic heterocycles. The molecule has 6 heteroatoms. The smallest absolute Gasteiger partial charge is 0.340 e. The van der Waals surface area contributed by atoms with Crippen molar-refractivity contribution < 1.29 is 9.53 Å². The fourth-order valence-electron chi connectivity index (χ4n) is 1.73. The maximum atomic E-state index is 11.9. The van der Waals surface area contributed by atoms with E-state index in [-0.39, 0.29) is 5.97 Å². The molecule has 0 aliphatic carbocycles. The van der Waals surface area contributed by atoms with Crippen LogP contribution in [0, 0.1) is 0 Å². The van der Waals surface area contributed by atoms with E-state index in [1.165, 1.54) is 0 Å². The number of hydrogen-bond acceptors (Lipinski definition) is 6. The number of ether oxygens (including phenoxy) is 1. The van der Waals surface area contributed by atoms with Crippen LogP contribution in [0.2, 0.25) is 0 Å². The van der Waals surface area contributed by atoms with E-state index in [0.717, 1.165) is 21.0 Å². The lowest BCUT2D eigenvalue weighted by atomic mass is 10.1. The highest BCUT2D eigenvalue weighted by atomic mass is 32.2. The average molecular weight is 282 g/mol. The number of rotatable bonds is 4. The summed E-state index contributed by atoms with van der Waals surface area (Å²) in [6.07, 6.45) is 4.32. The van der Waals surface area contributed by atoms with Gasteiger partial charge in [-0.2, -0.15) is 0 Å². The summed E-state index contributed by atoms with van der Waals surface area (Å²) in [5.41, 5.74) is 2.26. The Bertz CT molecular complexity index is 581. The number of pyridine rings is 1. The largest absolute Gasteiger partial charge is 0.462 e. The molecule has 0 fully saturated rings. The van der Waals surface area contributed by atoms with E-state index in [9.17, 15) is 4.79 Å². The zero-order chi connectivity index (χ0) is 13.1. The van der Waals surface area contributed by atoms with Crippen LogP contribution in [0.3, 0.4) is 0 Å². The van der Waals surface area contributed by atoms with Gasteiger partial charge in [0.05, 0.1) is 16.9 Å². The lowest BCUT2D eigenvalue weighted by molar-refractivity contribution is 0.0525. The second-order valence-electron chi connectivity index (χ2n) is 3.56. The van der Waals surface area contributed by atoms with Gasteiger partial charge in [0.25, 0.3) is 0 Å². The molecule has 0 saturated heterocycles. The predicted octanol–water partition coefficient (Wildman–Crippen LogP) is 3.15. The molecule has 0 radical (unpaired) electrons. The number of thioether (sulfide) groups is 1. The van der Waals surface area contributed by atoms with Crippen molar-refractivity contribution in [2.45, 2.75) is 24.6 Å². The molecule has 2 heterocycles. The van der Waals surface area contributed by atoms with Gasteiger partial charge in [-0.3, -0.25) is 0 Å². The summed E-state index contributed by atoms with van der Waals surface area (Å²) in [6, 6.07) is 0. The Labute approximate surface area is 114 Å². The van der Waals surface area contributed by atoms with E-state index in [1.54, 1.807) is 36.2 Å². The molecule has 96 valence electrons. The number of fused-ring (bicyclic) bond motifs is 1. The second kappa shape index (κ2) is 5.67. The van der Waals surface area contributed by atoms with E-state index in [4.69, 9.17) is 4.74 Å². The van der Waals surface area contributed by atoms with Crippen molar-refractivity contribution in [1.29, 1.82) is 0 Å². The molecule has 0 N–H and O–H groups in total. The predicted molar refractivity (Wildman–Crippen MR) is 74.5 cm³/mol. The third-order valence-electron chi connectivity index (χ3n) is 2.53. The van der Waals surface area contributed by atoms with Gasteiger partial charge in [-0.1, -0.05) is 18.7 Å². The molecular formula is C12H14N2O2S2. The Kier molecular flexibility index (Phi) is 4.19. The molecular weight excluding hydrogens is 268 g/mol. The molecule has 2 aromatic heterocycles. The standard InChI is InChI=1S/C12H14N2O2S2/c1-4-7-8(11(15)16-5-2)6-13-10-9(7)18-12(14-10)17-3/h6H,4-5H2,1-3H3. The average Bonchev–Trinajstić information content (AvgIpc) is 2.80. The topological polar surface area (TPSA) is 52.1 Å². The van der Waals surface area contributed by atoms with Crippen molar-refractivity contribution >= 4 is 39.4 Å². The Morgan fingerprint density at radius 2 is 2.28 bits per heavy atom. The van der Waals surface area contributed by atoms with Gasteiger partial charge < -0.3 is 4.74 Å². The lowest BCUT2D eigenvalue weighted by Gasteiger charge is -2.06. The quantitative estimate of drug-likeness (QED) is 0.637. The Morgan fingerprint density at radius 3 is 2.89 bits per heavy atom. The van der Waals surface area contributed by atoms with Crippen molar-refractivity contribution in [3.05, 3.63) is 17.3 Å². The van der Waals surface area contributed by atoms with E-state index in [2.05, 4.69) is 9.97 Å². The van der Waals surface area contributed by atoms with Crippen LogP contribution in [0.15, 0.2) is 10.5 Å². The molecule has 2 aromatic rings. The summed E-state index contributed by atoms with van der Waals surface area (Å²) in [4.78, 5) is 20.5. The molecule has 0 amide bonds. The first-order valence-corrected chi connectivity index (χ1v) is 7.74. The monoisotopic (exact) mass is 282 g/mol. The zero-order valence-corrected chi connectivity index (χ0v) is 12.2. The molecule has 0 spiro atoms. The first kappa shape index (κ1) is 13.3. The highest BCUT2D eigenvalue weighted by Gasteiger charge is 2.17. The van der Waals surface area contributed by atoms with Crippen LogP contribution in [0.4, 0.5) is 0 Å². The van der Waals surface area contributed by atoms with E-state index >= 15 is 0 Å². The van der Waals surface area contributed by atoms with Crippen molar-refractivity contribution in [1.82, 2.24) is 9.97 Å². The van der Waals surface area contributed by atoms with E-state index < -0.39 is 0 Å². The SMILES string of the molecule is CCOC(=O)c1cnc2nc(SC)sc2c1CC. The molecule has 0 atom stereocenters. The number of esters is 1. The Balaban J connectivity index is 2.57. The minimum absolute atomic E-state index is 0.303. The Hall–Kier alpha value is -1.14. The van der Waals surface area contributed by atoms with Crippen LogP contribution in [-0.2, 0) is 11.2 Å². The number of aromatic nitrogens is 2. The van der Waals surface area contributed by atoms with Crippen LogP contribution in [0.5, 0.6) is 0 Å². The zero-order valence-electron chi connectivity index (χ0n) is 10.5. The molecule has 0 aromatic carbocycles. The van der Waals surface area contributed by atoms with Crippen molar-refractivity contribution in [3.63, 3.8) is 0 Å². The van der Waals surface area contributed by atoms with Crippen LogP contribution < -0.4 is 0 Å². The van der Waals surface area contributed by atoms with Crippen LogP contribution in [0.1, 0.15) is 29.8 Å². The summed E-state index contributed by atoms with van der Waals surface area (Å²) in [6.45, 7) is 4.20. The normalized spacial score (nSPS) is 10.8. The van der Waals surface area contributed by atoms with Gasteiger partial charge in [-0.15, -0.1) is 11.3 Å². The van der Waals surface area contributed by atoms with Crippen LogP contribution >= 0.6 is 23.1 Å². The van der Waals surface area contributed by atoms with Crippen molar-refractivity contribution in [2.24, 2.45) is 0 Å².